The third-order valence-corrected chi connectivity index (χ3v) is 4.37. The molecule has 2 aromatic rings. The van der Waals surface area contributed by atoms with Crippen LogP contribution in [0, 0.1) is 13.8 Å². The molecular weight excluding hydrogens is 298 g/mol. The molecule has 0 bridgehead atoms. The van der Waals surface area contributed by atoms with Gasteiger partial charge in [0.1, 0.15) is 11.3 Å². The van der Waals surface area contributed by atoms with Crippen LogP contribution in [0.1, 0.15) is 63.2 Å². The standard InChI is InChI=1S/C16H19N3O4/c1-9-7-13(23-10(9)2)15(20)19-6-4-3-5-12(19)14-11(16(21)22)8-17-18-14/h7-8,12H,3-6H2,1-2H3,(H,17,18)(H,21,22). The van der Waals surface area contributed by atoms with E-state index in [9.17, 15) is 14.7 Å². The molecule has 1 saturated heterocycles. The van der Waals surface area contributed by atoms with Gasteiger partial charge in [-0.05, 0) is 44.7 Å². The van der Waals surface area contributed by atoms with Gasteiger partial charge in [0.25, 0.3) is 5.91 Å². The number of carboxylic acid groups (broad SMARTS) is 1. The van der Waals surface area contributed by atoms with E-state index < -0.39 is 5.97 Å². The molecule has 7 nitrogen and oxygen atoms in total. The number of amides is 1. The Hall–Kier alpha value is -2.57. The highest BCUT2D eigenvalue weighted by atomic mass is 16.4. The van der Waals surface area contributed by atoms with Crippen molar-refractivity contribution < 1.29 is 19.1 Å². The van der Waals surface area contributed by atoms with Crippen molar-refractivity contribution in [1.82, 2.24) is 15.1 Å². The number of aromatic amines is 1. The van der Waals surface area contributed by atoms with Gasteiger partial charge >= 0.3 is 5.97 Å². The van der Waals surface area contributed by atoms with Crippen LogP contribution in [0.3, 0.4) is 0 Å². The lowest BCUT2D eigenvalue weighted by Gasteiger charge is -2.34. The highest BCUT2D eigenvalue weighted by Crippen LogP contribution is 2.33. The van der Waals surface area contributed by atoms with E-state index in [1.54, 1.807) is 11.0 Å². The average Bonchev–Trinajstić information content (AvgIpc) is 3.14. The molecule has 0 aromatic carbocycles. The first kappa shape index (κ1) is 15.3. The van der Waals surface area contributed by atoms with Crippen molar-refractivity contribution in [2.75, 3.05) is 6.54 Å². The minimum atomic E-state index is -1.04. The van der Waals surface area contributed by atoms with E-state index in [0.717, 1.165) is 24.2 Å². The van der Waals surface area contributed by atoms with E-state index in [1.165, 1.54) is 6.20 Å². The molecule has 3 heterocycles. The van der Waals surface area contributed by atoms with Crippen LogP contribution in [0.5, 0.6) is 0 Å². The van der Waals surface area contributed by atoms with Crippen molar-refractivity contribution in [3.63, 3.8) is 0 Å². The number of rotatable bonds is 3. The second-order valence-corrected chi connectivity index (χ2v) is 5.86. The Labute approximate surface area is 133 Å². The molecule has 7 heteroatoms. The molecule has 1 aliphatic rings. The smallest absolute Gasteiger partial charge is 0.339 e. The Morgan fingerprint density at radius 3 is 2.83 bits per heavy atom. The number of hydrogen-bond acceptors (Lipinski definition) is 4. The third-order valence-electron chi connectivity index (χ3n) is 4.37. The molecule has 1 aliphatic heterocycles. The summed E-state index contributed by atoms with van der Waals surface area (Å²) in [5.41, 5.74) is 1.52. The molecule has 0 aliphatic carbocycles. The minimum absolute atomic E-state index is 0.113. The van der Waals surface area contributed by atoms with Crippen molar-refractivity contribution in [3.8, 4) is 0 Å². The second-order valence-electron chi connectivity index (χ2n) is 5.86. The number of carboxylic acids is 1. The van der Waals surface area contributed by atoms with Crippen molar-refractivity contribution in [2.24, 2.45) is 0 Å². The van der Waals surface area contributed by atoms with Gasteiger partial charge in [0.15, 0.2) is 5.76 Å². The first-order valence-corrected chi connectivity index (χ1v) is 7.63. The van der Waals surface area contributed by atoms with Crippen molar-refractivity contribution in [2.45, 2.75) is 39.2 Å². The van der Waals surface area contributed by atoms with Gasteiger partial charge in [-0.3, -0.25) is 9.89 Å². The summed E-state index contributed by atoms with van der Waals surface area (Å²) in [6.45, 7) is 4.28. The quantitative estimate of drug-likeness (QED) is 0.906. The number of carbonyl (C=O) groups excluding carboxylic acids is 1. The number of aromatic nitrogens is 2. The highest BCUT2D eigenvalue weighted by Gasteiger charge is 2.33. The number of furan rings is 1. The van der Waals surface area contributed by atoms with E-state index in [1.807, 2.05) is 13.8 Å². The van der Waals surface area contributed by atoms with Gasteiger partial charge in [0, 0.05) is 6.54 Å². The van der Waals surface area contributed by atoms with Crippen molar-refractivity contribution in [3.05, 3.63) is 40.6 Å². The number of likely N-dealkylation sites (tertiary alicyclic amines) is 1. The van der Waals surface area contributed by atoms with E-state index in [0.29, 0.717) is 24.4 Å². The molecule has 2 N–H and O–H groups in total. The lowest BCUT2D eigenvalue weighted by atomic mass is 9.96. The zero-order valence-corrected chi connectivity index (χ0v) is 13.1. The van der Waals surface area contributed by atoms with Crippen LogP contribution in [-0.2, 0) is 0 Å². The Morgan fingerprint density at radius 2 is 2.17 bits per heavy atom. The SMILES string of the molecule is Cc1cc(C(=O)N2CCCCC2c2[nH]ncc2C(=O)O)oc1C. The van der Waals surface area contributed by atoms with Gasteiger partial charge in [-0.15, -0.1) is 0 Å². The first-order valence-electron chi connectivity index (χ1n) is 7.63. The molecule has 1 atom stereocenters. The number of aromatic carboxylic acids is 1. The van der Waals surface area contributed by atoms with Gasteiger partial charge in [-0.25, -0.2) is 4.79 Å². The molecule has 0 spiro atoms. The van der Waals surface area contributed by atoms with Gasteiger partial charge in [0.2, 0.25) is 0 Å². The van der Waals surface area contributed by atoms with E-state index in [-0.39, 0.29) is 17.5 Å². The lowest BCUT2D eigenvalue weighted by molar-refractivity contribution is 0.0560. The predicted molar refractivity (Wildman–Crippen MR) is 81.4 cm³/mol. The van der Waals surface area contributed by atoms with E-state index in [4.69, 9.17) is 4.42 Å². The fourth-order valence-corrected chi connectivity index (χ4v) is 3.02. The van der Waals surface area contributed by atoms with Gasteiger partial charge in [-0.1, -0.05) is 0 Å². The molecule has 0 radical (unpaired) electrons. The summed E-state index contributed by atoms with van der Waals surface area (Å²) in [5, 5.41) is 15.9. The fourth-order valence-electron chi connectivity index (χ4n) is 3.02. The summed E-state index contributed by atoms with van der Waals surface area (Å²) in [6, 6.07) is 1.41. The van der Waals surface area contributed by atoms with Gasteiger partial charge < -0.3 is 14.4 Å². The Kier molecular flexibility index (Phi) is 3.94. The summed E-state index contributed by atoms with van der Waals surface area (Å²) in [4.78, 5) is 25.8. The monoisotopic (exact) mass is 317 g/mol. The summed E-state index contributed by atoms with van der Waals surface area (Å²) in [6.07, 6.45) is 3.81. The minimum Gasteiger partial charge on any atom is -0.478 e. The number of nitrogens with zero attached hydrogens (tertiary/aromatic N) is 2. The molecule has 2 aromatic heterocycles. The Morgan fingerprint density at radius 1 is 1.39 bits per heavy atom. The number of nitrogens with one attached hydrogen (secondary N) is 1. The summed E-state index contributed by atoms with van der Waals surface area (Å²) >= 11 is 0. The lowest BCUT2D eigenvalue weighted by Crippen LogP contribution is -2.39. The molecule has 1 amide bonds. The first-order chi connectivity index (χ1) is 11.0. The van der Waals surface area contributed by atoms with Crippen LogP contribution in [0.15, 0.2) is 16.7 Å². The normalized spacial score (nSPS) is 18.2. The van der Waals surface area contributed by atoms with Crippen molar-refractivity contribution in [1.29, 1.82) is 0 Å². The fraction of sp³-hybridized carbons (Fsp3) is 0.438. The van der Waals surface area contributed by atoms with Crippen LogP contribution >= 0.6 is 0 Å². The maximum absolute atomic E-state index is 12.8. The van der Waals surface area contributed by atoms with Gasteiger partial charge in [0.05, 0.1) is 17.9 Å². The number of piperidine rings is 1. The number of aryl methyl sites for hydroxylation is 2. The highest BCUT2D eigenvalue weighted by molar-refractivity contribution is 5.93. The van der Waals surface area contributed by atoms with E-state index in [2.05, 4.69) is 10.2 Å². The molecule has 3 rings (SSSR count). The predicted octanol–water partition coefficient (Wildman–Crippen LogP) is 2.69. The maximum Gasteiger partial charge on any atom is 0.339 e. The average molecular weight is 317 g/mol. The van der Waals surface area contributed by atoms with Crippen LogP contribution < -0.4 is 0 Å². The largest absolute Gasteiger partial charge is 0.478 e. The molecule has 0 saturated carbocycles. The van der Waals surface area contributed by atoms with Crippen LogP contribution in [0.4, 0.5) is 0 Å². The number of hydrogen-bond donors (Lipinski definition) is 2. The van der Waals surface area contributed by atoms with Crippen LogP contribution in [-0.4, -0.2) is 38.6 Å². The Bertz CT molecular complexity index is 727. The molecule has 23 heavy (non-hydrogen) atoms. The summed E-state index contributed by atoms with van der Waals surface area (Å²) < 4.78 is 5.54. The molecular formula is C16H19N3O4. The zero-order valence-electron chi connectivity index (χ0n) is 13.1. The third kappa shape index (κ3) is 2.74. The maximum atomic E-state index is 12.8. The number of H-pyrrole nitrogens is 1. The zero-order chi connectivity index (χ0) is 16.6. The molecule has 1 fully saturated rings. The Balaban J connectivity index is 1.94. The summed E-state index contributed by atoms with van der Waals surface area (Å²) in [7, 11) is 0. The molecule has 1 unspecified atom stereocenters. The van der Waals surface area contributed by atoms with Gasteiger partial charge in [-0.2, -0.15) is 5.10 Å². The second kappa shape index (κ2) is 5.91. The summed E-state index contributed by atoms with van der Waals surface area (Å²) in [5.74, 6) is -0.244. The molecule has 122 valence electrons. The number of carbonyl (C=O) groups is 2. The van der Waals surface area contributed by atoms with Crippen molar-refractivity contribution >= 4 is 11.9 Å². The van der Waals surface area contributed by atoms with Crippen LogP contribution in [0.2, 0.25) is 0 Å². The van der Waals surface area contributed by atoms with Crippen LogP contribution in [0.25, 0.3) is 0 Å². The van der Waals surface area contributed by atoms with E-state index >= 15 is 0 Å². The topological polar surface area (TPSA) is 99.4 Å².